The predicted molar refractivity (Wildman–Crippen MR) is 274 cm³/mol. The van der Waals surface area contributed by atoms with Crippen LogP contribution in [0.3, 0.4) is 0 Å². The van der Waals surface area contributed by atoms with Gasteiger partial charge in [0.2, 0.25) is 0 Å². The molecule has 0 radical (unpaired) electrons. The third-order valence-corrected chi connectivity index (χ3v) is 15.6. The standard InChI is InChI=1S/C56H74N6O9/c1-32(2)31-61-27-23-56(24-28-61)58-44-41-42-48(64)38(8)51-43(41)52(66)55(9,71-51)69-29-15-18-34(4)50(70-54(68)62-25-21-40(22-26-62)60(10)39-19-12-11-13-20-39)37(7)47(63)36(6)30-33(3)16-14-17-35(5)53(67)57-46(49(42)65)45(44)59-56/h11-17,19-20,29,32-34,36-37,40,47,50,63-65H,18,21-28,30-31H2,1-10H3,(H,57,67)/b16-14+,29-15+,35-17-/t33?,34-,36-,37-,47?,50-,55?/m1/s1. The number of rotatable bonds is 5. The summed E-state index contributed by atoms with van der Waals surface area (Å²) in [4.78, 5) is 59.8. The van der Waals surface area contributed by atoms with Crippen LogP contribution < -0.4 is 25.7 Å². The number of aromatic hydroxyl groups is 2. The van der Waals surface area contributed by atoms with Crippen LogP contribution in [0.4, 0.5) is 16.2 Å². The minimum atomic E-state index is -1.88. The molecule has 3 unspecified atom stereocenters. The van der Waals surface area contributed by atoms with Gasteiger partial charge in [-0.3, -0.25) is 19.6 Å². The van der Waals surface area contributed by atoms with Crippen LogP contribution in [0.2, 0.25) is 0 Å². The monoisotopic (exact) mass is 975 g/mol. The first-order chi connectivity index (χ1) is 33.7. The van der Waals surface area contributed by atoms with Crippen molar-refractivity contribution in [3.63, 3.8) is 0 Å². The molecule has 9 rings (SSSR count). The van der Waals surface area contributed by atoms with Gasteiger partial charge in [0.1, 0.15) is 28.6 Å². The fourth-order valence-electron chi connectivity index (χ4n) is 11.3. The number of fused-ring (bicyclic) bond motifs is 13. The summed E-state index contributed by atoms with van der Waals surface area (Å²) in [5, 5.41) is 39.6. The summed E-state index contributed by atoms with van der Waals surface area (Å²) < 4.78 is 19.0. The number of ether oxygens (including phenoxy) is 3. The first-order valence-electron chi connectivity index (χ1n) is 25.6. The van der Waals surface area contributed by atoms with E-state index in [9.17, 15) is 29.7 Å². The second-order valence-electron chi connectivity index (χ2n) is 21.6. The summed E-state index contributed by atoms with van der Waals surface area (Å²) in [6.45, 7) is 20.5. The van der Waals surface area contributed by atoms with Gasteiger partial charge in [-0.25, -0.2) is 4.79 Å². The summed E-state index contributed by atoms with van der Waals surface area (Å²) in [5.74, 6) is -4.07. The Kier molecular flexibility index (Phi) is 15.0. The van der Waals surface area contributed by atoms with E-state index in [1.54, 1.807) is 30.9 Å². The van der Waals surface area contributed by atoms with Crippen LogP contribution in [-0.2, 0) is 14.3 Å². The predicted octanol–water partition coefficient (Wildman–Crippen LogP) is 8.33. The lowest BCUT2D eigenvalue weighted by Gasteiger charge is -2.39. The van der Waals surface area contributed by atoms with Gasteiger partial charge in [0.25, 0.3) is 11.7 Å². The van der Waals surface area contributed by atoms with Crippen molar-refractivity contribution in [1.29, 1.82) is 0 Å². The SMILES string of the molecule is C/C1=C/C=C/C(C)C[C@@H](C)C(O)[C@@H](C)[C@H](OC(=O)N2CCC(N(C)c3ccccc3)CC2)[C@H](C)C/C=C/OC2(C)Oc3c(C)c(O)c4c(O)c(c5c(c4c3C2=O)=NC2(CCN(CC(C)C)CC2)N=5)NC1=O. The topological polar surface area (TPSA) is 186 Å². The molecule has 3 aromatic rings. The Balaban J connectivity index is 1.13. The number of aliphatic hydroxyl groups is 1. The Labute approximate surface area is 417 Å². The maximum atomic E-state index is 14.9. The van der Waals surface area contributed by atoms with Crippen molar-refractivity contribution < 1.29 is 43.9 Å². The van der Waals surface area contributed by atoms with E-state index in [1.807, 2.05) is 51.1 Å². The van der Waals surface area contributed by atoms with Gasteiger partial charge in [0, 0.05) is 93.7 Å². The van der Waals surface area contributed by atoms with Crippen LogP contribution in [0.25, 0.3) is 10.8 Å². The van der Waals surface area contributed by atoms with Crippen molar-refractivity contribution in [3.05, 3.63) is 88.3 Å². The number of para-hydroxylation sites is 1. The number of carbonyl (C=O) groups is 3. The normalized spacial score (nSPS) is 29.1. The van der Waals surface area contributed by atoms with Crippen molar-refractivity contribution in [2.75, 3.05) is 50.0 Å². The van der Waals surface area contributed by atoms with E-state index in [-0.39, 0.29) is 73.6 Å². The number of phenols is 2. The fourth-order valence-corrected chi connectivity index (χ4v) is 11.3. The molecule has 1 spiro atoms. The number of ketones is 1. The lowest BCUT2D eigenvalue weighted by Crippen LogP contribution is -2.48. The lowest BCUT2D eigenvalue weighted by molar-refractivity contribution is -0.112. The Morgan fingerprint density at radius 1 is 0.958 bits per heavy atom. The number of likely N-dealkylation sites (tertiary alicyclic amines) is 2. The number of phenolic OH excluding ortho intramolecular Hbond substituents is 2. The Bertz CT molecular complexity index is 2740. The molecule has 0 saturated carbocycles. The molecule has 7 atom stereocenters. The van der Waals surface area contributed by atoms with E-state index in [0.29, 0.717) is 50.3 Å². The number of amides is 2. The Hall–Kier alpha value is -5.93. The molecule has 6 heterocycles. The van der Waals surface area contributed by atoms with E-state index >= 15 is 0 Å². The number of nitrogens with one attached hydrogen (secondary N) is 1. The van der Waals surface area contributed by atoms with Crippen molar-refractivity contribution >= 4 is 39.9 Å². The van der Waals surface area contributed by atoms with Crippen LogP contribution in [0, 0.1) is 36.5 Å². The highest BCUT2D eigenvalue weighted by atomic mass is 16.7. The molecule has 15 nitrogen and oxygen atoms in total. The first kappa shape index (κ1) is 51.4. The maximum Gasteiger partial charge on any atom is 0.410 e. The highest BCUT2D eigenvalue weighted by Crippen LogP contribution is 2.50. The number of Topliss-reactive ketones (excluding diaryl/α,β-unsaturated/α-hetero) is 1. The average molecular weight is 975 g/mol. The smallest absolute Gasteiger partial charge is 0.410 e. The van der Waals surface area contributed by atoms with E-state index < -0.39 is 53.1 Å². The zero-order valence-corrected chi connectivity index (χ0v) is 43.2. The Morgan fingerprint density at radius 3 is 2.31 bits per heavy atom. The summed E-state index contributed by atoms with van der Waals surface area (Å²) >= 11 is 0. The maximum absolute atomic E-state index is 14.9. The molecule has 0 aromatic heterocycles. The summed E-state index contributed by atoms with van der Waals surface area (Å²) in [6.07, 6.45) is 10.4. The van der Waals surface area contributed by atoms with Crippen LogP contribution in [0.5, 0.6) is 17.2 Å². The van der Waals surface area contributed by atoms with Gasteiger partial charge in [0.15, 0.2) is 11.4 Å². The molecule has 3 aromatic carbocycles. The van der Waals surface area contributed by atoms with Crippen molar-refractivity contribution in [2.24, 2.45) is 39.6 Å². The fraction of sp³-hybridized carbons (Fsp3) is 0.554. The molecule has 15 heteroatoms. The molecule has 6 aliphatic rings. The molecule has 5 bridgehead atoms. The second-order valence-corrected chi connectivity index (χ2v) is 21.6. The van der Waals surface area contributed by atoms with Gasteiger partial charge < -0.3 is 49.5 Å². The van der Waals surface area contributed by atoms with Crippen LogP contribution in [0.1, 0.15) is 110 Å². The third-order valence-electron chi connectivity index (χ3n) is 15.6. The molecule has 2 amide bonds. The lowest BCUT2D eigenvalue weighted by atomic mass is 9.80. The van der Waals surface area contributed by atoms with Gasteiger partial charge in [-0.1, -0.05) is 78.0 Å². The molecule has 2 saturated heterocycles. The molecule has 382 valence electrons. The van der Waals surface area contributed by atoms with E-state index in [4.69, 9.17) is 24.2 Å². The van der Waals surface area contributed by atoms with Crippen LogP contribution in [-0.4, -0.2) is 112 Å². The third kappa shape index (κ3) is 10.3. The van der Waals surface area contributed by atoms with E-state index in [0.717, 1.165) is 38.2 Å². The molecular weight excluding hydrogens is 901 g/mol. The minimum absolute atomic E-state index is 0.00322. The number of carbonyl (C=O) groups excluding carboxylic acids is 3. The van der Waals surface area contributed by atoms with E-state index in [1.165, 1.54) is 13.2 Å². The number of hydrogen-bond donors (Lipinski definition) is 4. The second kappa shape index (κ2) is 20.7. The van der Waals surface area contributed by atoms with E-state index in [2.05, 4.69) is 55.1 Å². The number of piperidine rings is 2. The van der Waals surface area contributed by atoms with Crippen molar-refractivity contribution in [1.82, 2.24) is 9.80 Å². The molecule has 71 heavy (non-hydrogen) atoms. The van der Waals surface area contributed by atoms with Crippen molar-refractivity contribution in [2.45, 2.75) is 131 Å². The van der Waals surface area contributed by atoms with Gasteiger partial charge in [-0.2, -0.15) is 0 Å². The quantitative estimate of drug-likeness (QED) is 0.180. The average Bonchev–Trinajstić information content (AvgIpc) is 3.85. The largest absolute Gasteiger partial charge is 0.507 e. The molecule has 6 aliphatic heterocycles. The number of anilines is 2. The summed E-state index contributed by atoms with van der Waals surface area (Å²) in [6, 6.07) is 10.5. The zero-order valence-electron chi connectivity index (χ0n) is 43.2. The first-order valence-corrected chi connectivity index (χ1v) is 25.6. The van der Waals surface area contributed by atoms with Gasteiger partial charge >= 0.3 is 11.9 Å². The molecule has 4 N–H and O–H groups in total. The van der Waals surface area contributed by atoms with Gasteiger partial charge in [0.05, 0.1) is 28.7 Å². The van der Waals surface area contributed by atoms with Crippen molar-refractivity contribution in [3.8, 4) is 17.2 Å². The molecule has 2 fully saturated rings. The summed E-state index contributed by atoms with van der Waals surface area (Å²) in [7, 11) is 2.09. The number of aliphatic hydroxyl groups excluding tert-OH is 1. The van der Waals surface area contributed by atoms with Crippen LogP contribution >= 0.6 is 0 Å². The summed E-state index contributed by atoms with van der Waals surface area (Å²) in [5.41, 5.74) is 0.826. The molecular formula is C56H74N6O9. The number of allylic oxidation sites excluding steroid dienone is 4. The highest BCUT2D eigenvalue weighted by molar-refractivity contribution is 6.19. The van der Waals surface area contributed by atoms with Crippen LogP contribution in [0.15, 0.2) is 76.5 Å². The number of nitrogens with zero attached hydrogens (tertiary/aromatic N) is 5. The Morgan fingerprint density at radius 2 is 1.63 bits per heavy atom. The zero-order chi connectivity index (χ0) is 51.1. The van der Waals surface area contributed by atoms with Gasteiger partial charge in [-0.05, 0) is 81.4 Å². The number of benzene rings is 3. The highest BCUT2D eigenvalue weighted by Gasteiger charge is 2.50. The number of hydrogen-bond acceptors (Lipinski definition) is 13. The molecule has 0 aliphatic carbocycles. The van der Waals surface area contributed by atoms with Gasteiger partial charge in [-0.15, -0.1) is 0 Å². The minimum Gasteiger partial charge on any atom is -0.507 e.